The predicted octanol–water partition coefficient (Wildman–Crippen LogP) is -0.0686. The minimum absolute atomic E-state index is 0.0493. The first-order valence-electron chi connectivity index (χ1n) is 4.17. The van der Waals surface area contributed by atoms with Crippen LogP contribution in [0.5, 0.6) is 0 Å². The van der Waals surface area contributed by atoms with Crippen LogP contribution in [0.15, 0.2) is 0 Å². The highest BCUT2D eigenvalue weighted by atomic mass is 32.2. The van der Waals surface area contributed by atoms with Gasteiger partial charge < -0.3 is 5.11 Å². The van der Waals surface area contributed by atoms with Crippen LogP contribution in [0.2, 0.25) is 0 Å². The van der Waals surface area contributed by atoms with Gasteiger partial charge in [0.25, 0.3) is 0 Å². The van der Waals surface area contributed by atoms with Crippen LogP contribution in [0, 0.1) is 0 Å². The molecule has 1 atom stereocenters. The van der Waals surface area contributed by atoms with Gasteiger partial charge in [-0.15, -0.1) is 0 Å². The van der Waals surface area contributed by atoms with Gasteiger partial charge in [-0.3, -0.25) is 4.79 Å². The molecule has 1 saturated carbocycles. The van der Waals surface area contributed by atoms with Crippen LogP contribution in [-0.2, 0) is 14.8 Å². The average molecular weight is 207 g/mol. The molecule has 0 spiro atoms. The average Bonchev–Trinajstić information content (AvgIpc) is 1.95. The Kier molecular flexibility index (Phi) is 2.92. The van der Waals surface area contributed by atoms with E-state index in [0.717, 1.165) is 19.3 Å². The Morgan fingerprint density at radius 2 is 2.08 bits per heavy atom. The third kappa shape index (κ3) is 2.41. The van der Waals surface area contributed by atoms with E-state index >= 15 is 0 Å². The van der Waals surface area contributed by atoms with Crippen molar-refractivity contribution < 1.29 is 18.3 Å². The lowest BCUT2D eigenvalue weighted by Gasteiger charge is -2.26. The fourth-order valence-electron chi connectivity index (χ4n) is 0.993. The number of nitrogens with one attached hydrogen (secondary N) is 1. The molecule has 0 saturated heterocycles. The van der Waals surface area contributed by atoms with Crippen molar-refractivity contribution >= 4 is 16.0 Å². The van der Waals surface area contributed by atoms with Crippen LogP contribution < -0.4 is 4.72 Å². The van der Waals surface area contributed by atoms with Crippen LogP contribution >= 0.6 is 0 Å². The highest BCUT2D eigenvalue weighted by Gasteiger charge is 2.31. The van der Waals surface area contributed by atoms with Crippen molar-refractivity contribution in [2.75, 3.05) is 0 Å². The molecular weight excluding hydrogens is 194 g/mol. The lowest BCUT2D eigenvalue weighted by Crippen LogP contribution is -2.45. The molecule has 1 rings (SSSR count). The summed E-state index contributed by atoms with van der Waals surface area (Å²) >= 11 is 0. The highest BCUT2D eigenvalue weighted by molar-refractivity contribution is 7.90. The van der Waals surface area contributed by atoms with Crippen LogP contribution in [0.25, 0.3) is 0 Å². The molecule has 2 N–H and O–H groups in total. The van der Waals surface area contributed by atoms with Crippen molar-refractivity contribution in [3.63, 3.8) is 0 Å². The topological polar surface area (TPSA) is 83.5 Å². The van der Waals surface area contributed by atoms with Gasteiger partial charge in [-0.05, 0) is 19.8 Å². The molecular formula is C7H13NO4S. The van der Waals surface area contributed by atoms with E-state index in [9.17, 15) is 13.2 Å². The zero-order valence-electron chi connectivity index (χ0n) is 7.36. The monoisotopic (exact) mass is 207 g/mol. The van der Waals surface area contributed by atoms with E-state index < -0.39 is 21.2 Å². The van der Waals surface area contributed by atoms with Crippen molar-refractivity contribution in [1.29, 1.82) is 0 Å². The molecule has 0 bridgehead atoms. The minimum atomic E-state index is -3.67. The zero-order valence-corrected chi connectivity index (χ0v) is 8.17. The summed E-state index contributed by atoms with van der Waals surface area (Å²) in [4.78, 5) is 10.4. The maximum Gasteiger partial charge on any atom is 0.323 e. The standard InChI is InChI=1S/C7H13NO4S/c1-5(7(9)10)13(11,12)8-6-3-2-4-6/h5-6,8H,2-4H2,1H3,(H,9,10). The summed E-state index contributed by atoms with van der Waals surface area (Å²) in [5, 5.41) is 7.13. The minimum Gasteiger partial charge on any atom is -0.480 e. The van der Waals surface area contributed by atoms with Crippen LogP contribution in [-0.4, -0.2) is 30.8 Å². The van der Waals surface area contributed by atoms with Gasteiger partial charge in [0.05, 0.1) is 0 Å². The largest absolute Gasteiger partial charge is 0.480 e. The number of sulfonamides is 1. The Hall–Kier alpha value is -0.620. The van der Waals surface area contributed by atoms with E-state index in [0.29, 0.717) is 0 Å². The highest BCUT2D eigenvalue weighted by Crippen LogP contribution is 2.19. The number of aliphatic carboxylic acids is 1. The van der Waals surface area contributed by atoms with E-state index in [1.807, 2.05) is 0 Å². The maximum atomic E-state index is 11.3. The van der Waals surface area contributed by atoms with Gasteiger partial charge in [-0.2, -0.15) is 0 Å². The van der Waals surface area contributed by atoms with Gasteiger partial charge in [0, 0.05) is 6.04 Å². The summed E-state index contributed by atoms with van der Waals surface area (Å²) in [6, 6.07) is -0.0493. The molecule has 1 fully saturated rings. The van der Waals surface area contributed by atoms with Crippen molar-refractivity contribution in [1.82, 2.24) is 4.72 Å². The fourth-order valence-corrected chi connectivity index (χ4v) is 2.16. The maximum absolute atomic E-state index is 11.3. The first kappa shape index (κ1) is 10.5. The normalized spacial score (nSPS) is 20.7. The van der Waals surface area contributed by atoms with Crippen molar-refractivity contribution in [2.45, 2.75) is 37.5 Å². The van der Waals surface area contributed by atoms with Gasteiger partial charge in [0.2, 0.25) is 10.0 Å². The van der Waals surface area contributed by atoms with E-state index in [-0.39, 0.29) is 6.04 Å². The Morgan fingerprint density at radius 3 is 2.38 bits per heavy atom. The van der Waals surface area contributed by atoms with E-state index in [2.05, 4.69) is 4.72 Å². The summed E-state index contributed by atoms with van der Waals surface area (Å²) in [5.41, 5.74) is 0. The molecule has 0 aliphatic heterocycles. The molecule has 0 aromatic carbocycles. The molecule has 0 radical (unpaired) electrons. The molecule has 13 heavy (non-hydrogen) atoms. The zero-order chi connectivity index (χ0) is 10.1. The van der Waals surface area contributed by atoms with E-state index in [4.69, 9.17) is 5.11 Å². The number of rotatable bonds is 4. The molecule has 0 amide bonds. The SMILES string of the molecule is CC(C(=O)O)S(=O)(=O)NC1CCC1. The van der Waals surface area contributed by atoms with Crippen molar-refractivity contribution in [3.8, 4) is 0 Å². The van der Waals surface area contributed by atoms with Crippen LogP contribution in [0.4, 0.5) is 0 Å². The Morgan fingerprint density at radius 1 is 1.54 bits per heavy atom. The molecule has 76 valence electrons. The van der Waals surface area contributed by atoms with Crippen molar-refractivity contribution in [2.24, 2.45) is 0 Å². The number of hydrogen-bond acceptors (Lipinski definition) is 3. The Bertz CT molecular complexity index is 294. The third-order valence-electron chi connectivity index (χ3n) is 2.25. The first-order chi connectivity index (χ1) is 5.93. The summed E-state index contributed by atoms with van der Waals surface area (Å²) in [5.74, 6) is -1.31. The van der Waals surface area contributed by atoms with Gasteiger partial charge in [0.15, 0.2) is 5.25 Å². The van der Waals surface area contributed by atoms with Gasteiger partial charge in [-0.25, -0.2) is 13.1 Å². The second-order valence-corrected chi connectivity index (χ2v) is 5.30. The summed E-state index contributed by atoms with van der Waals surface area (Å²) in [6.07, 6.45) is 2.63. The molecule has 5 nitrogen and oxygen atoms in total. The number of carboxylic acid groups (broad SMARTS) is 1. The van der Waals surface area contributed by atoms with E-state index in [1.165, 1.54) is 6.92 Å². The van der Waals surface area contributed by atoms with Gasteiger partial charge >= 0.3 is 5.97 Å². The van der Waals surface area contributed by atoms with E-state index in [1.54, 1.807) is 0 Å². The first-order valence-corrected chi connectivity index (χ1v) is 5.72. The lowest BCUT2D eigenvalue weighted by atomic mass is 9.94. The Labute approximate surface area is 77.2 Å². The molecule has 6 heteroatoms. The molecule has 0 aromatic rings. The third-order valence-corrected chi connectivity index (χ3v) is 4.04. The summed E-state index contributed by atoms with van der Waals surface area (Å²) < 4.78 is 24.9. The number of carbonyl (C=O) groups is 1. The summed E-state index contributed by atoms with van der Waals surface area (Å²) in [7, 11) is -3.67. The fraction of sp³-hybridized carbons (Fsp3) is 0.857. The summed E-state index contributed by atoms with van der Waals surface area (Å²) in [6.45, 7) is 1.17. The second-order valence-electron chi connectivity index (χ2n) is 3.27. The molecule has 1 aliphatic rings. The predicted molar refractivity (Wildman–Crippen MR) is 46.8 cm³/mol. The van der Waals surface area contributed by atoms with Gasteiger partial charge in [0.1, 0.15) is 0 Å². The smallest absolute Gasteiger partial charge is 0.323 e. The van der Waals surface area contributed by atoms with Crippen LogP contribution in [0.1, 0.15) is 26.2 Å². The molecule has 1 unspecified atom stereocenters. The molecule has 0 heterocycles. The second kappa shape index (κ2) is 3.63. The van der Waals surface area contributed by atoms with Gasteiger partial charge in [-0.1, -0.05) is 6.42 Å². The molecule has 0 aromatic heterocycles. The number of hydrogen-bond donors (Lipinski definition) is 2. The quantitative estimate of drug-likeness (QED) is 0.676. The van der Waals surface area contributed by atoms with Crippen LogP contribution in [0.3, 0.4) is 0 Å². The number of carboxylic acids is 1. The lowest BCUT2D eigenvalue weighted by molar-refractivity contribution is -0.136. The van der Waals surface area contributed by atoms with Crippen molar-refractivity contribution in [3.05, 3.63) is 0 Å². The Balaban J connectivity index is 2.59. The molecule has 1 aliphatic carbocycles.